The summed E-state index contributed by atoms with van der Waals surface area (Å²) in [4.78, 5) is 4.29. The van der Waals surface area contributed by atoms with Crippen LogP contribution in [0.25, 0.3) is 16.7 Å². The van der Waals surface area contributed by atoms with Crippen molar-refractivity contribution < 1.29 is 10.0 Å². The van der Waals surface area contributed by atoms with Gasteiger partial charge >= 0.3 is 7.12 Å². The number of nitrogen functional groups attached to an aromatic ring is 1. The van der Waals surface area contributed by atoms with Crippen LogP contribution < -0.4 is 11.2 Å². The average molecular weight is 253 g/mol. The van der Waals surface area contributed by atoms with Crippen molar-refractivity contribution in [3.63, 3.8) is 0 Å². The van der Waals surface area contributed by atoms with Gasteiger partial charge in [0.15, 0.2) is 0 Å². The van der Waals surface area contributed by atoms with E-state index in [4.69, 9.17) is 15.8 Å². The first-order chi connectivity index (χ1) is 9.16. The fourth-order valence-corrected chi connectivity index (χ4v) is 2.11. The molecule has 19 heavy (non-hydrogen) atoms. The molecule has 3 aromatic rings. The van der Waals surface area contributed by atoms with Crippen molar-refractivity contribution in [2.45, 2.75) is 0 Å². The summed E-state index contributed by atoms with van der Waals surface area (Å²) in [6.07, 6.45) is 0. The molecule has 1 aromatic heterocycles. The molecule has 0 saturated carbocycles. The molecule has 0 unspecified atom stereocenters. The van der Waals surface area contributed by atoms with Gasteiger partial charge < -0.3 is 15.8 Å². The molecule has 3 rings (SSSR count). The smallest absolute Gasteiger partial charge is 0.423 e. The summed E-state index contributed by atoms with van der Waals surface area (Å²) < 4.78 is 1.82. The van der Waals surface area contributed by atoms with Gasteiger partial charge in [0, 0.05) is 5.69 Å². The van der Waals surface area contributed by atoms with E-state index in [0.29, 0.717) is 11.4 Å². The predicted octanol–water partition coefficient (Wildman–Crippen LogP) is 0.287. The third kappa shape index (κ3) is 1.97. The molecule has 2 aromatic carbocycles. The maximum absolute atomic E-state index is 9.08. The number of aromatic nitrogens is 2. The quantitative estimate of drug-likeness (QED) is 0.573. The molecule has 0 saturated heterocycles. The maximum Gasteiger partial charge on any atom is 0.488 e. The van der Waals surface area contributed by atoms with E-state index in [1.807, 2.05) is 28.8 Å². The Morgan fingerprint density at radius 3 is 2.37 bits per heavy atom. The summed E-state index contributed by atoms with van der Waals surface area (Å²) in [5.74, 6) is 0.401. The zero-order chi connectivity index (χ0) is 13.4. The van der Waals surface area contributed by atoms with Crippen molar-refractivity contribution in [3.05, 3.63) is 48.5 Å². The Bertz CT molecular complexity index is 722. The van der Waals surface area contributed by atoms with Crippen LogP contribution in [0.3, 0.4) is 0 Å². The zero-order valence-electron chi connectivity index (χ0n) is 10.1. The molecule has 0 spiro atoms. The number of imidazole rings is 1. The van der Waals surface area contributed by atoms with Gasteiger partial charge in [-0.3, -0.25) is 4.57 Å². The van der Waals surface area contributed by atoms with Gasteiger partial charge in [-0.25, -0.2) is 4.98 Å². The van der Waals surface area contributed by atoms with Crippen molar-refractivity contribution in [2.75, 3.05) is 5.73 Å². The van der Waals surface area contributed by atoms with Crippen molar-refractivity contribution in [2.24, 2.45) is 0 Å². The molecule has 0 atom stereocenters. The van der Waals surface area contributed by atoms with Crippen LogP contribution in [0.15, 0.2) is 48.5 Å². The molecule has 0 fully saturated rings. The topological polar surface area (TPSA) is 84.3 Å². The molecule has 4 N–H and O–H groups in total. The molecule has 0 bridgehead atoms. The Labute approximate surface area is 110 Å². The van der Waals surface area contributed by atoms with Gasteiger partial charge in [-0.2, -0.15) is 0 Å². The number of nitrogens with two attached hydrogens (primary N) is 1. The van der Waals surface area contributed by atoms with Crippen molar-refractivity contribution in [1.29, 1.82) is 0 Å². The number of hydrogen-bond acceptors (Lipinski definition) is 4. The second-order valence-corrected chi connectivity index (χ2v) is 4.26. The molecule has 6 heteroatoms. The van der Waals surface area contributed by atoms with Crippen LogP contribution in [0.2, 0.25) is 0 Å². The lowest BCUT2D eigenvalue weighted by atomic mass is 9.80. The van der Waals surface area contributed by atoms with Gasteiger partial charge in [0.25, 0.3) is 0 Å². The number of benzene rings is 2. The molecule has 94 valence electrons. The first-order valence-electron chi connectivity index (χ1n) is 5.86. The second kappa shape index (κ2) is 4.42. The average Bonchev–Trinajstić information content (AvgIpc) is 2.74. The minimum Gasteiger partial charge on any atom is -0.423 e. The number of fused-ring (bicyclic) bond motifs is 1. The first-order valence-corrected chi connectivity index (χ1v) is 5.86. The monoisotopic (exact) mass is 253 g/mol. The molecule has 0 aliphatic carbocycles. The van der Waals surface area contributed by atoms with Crippen molar-refractivity contribution in [1.82, 2.24) is 9.55 Å². The van der Waals surface area contributed by atoms with Crippen LogP contribution in [0.1, 0.15) is 0 Å². The van der Waals surface area contributed by atoms with Gasteiger partial charge in [-0.1, -0.05) is 24.3 Å². The summed E-state index contributed by atoms with van der Waals surface area (Å²) in [5, 5.41) is 18.2. The number of hydrogen-bond donors (Lipinski definition) is 3. The van der Waals surface area contributed by atoms with Crippen molar-refractivity contribution >= 4 is 29.6 Å². The Balaban J connectivity index is 2.16. The van der Waals surface area contributed by atoms with E-state index in [-0.39, 0.29) is 0 Å². The third-order valence-electron chi connectivity index (χ3n) is 3.04. The summed E-state index contributed by atoms with van der Waals surface area (Å²) in [6, 6.07) is 14.5. The van der Waals surface area contributed by atoms with E-state index in [9.17, 15) is 0 Å². The lowest BCUT2D eigenvalue weighted by Gasteiger charge is -2.07. The fourth-order valence-electron chi connectivity index (χ4n) is 2.11. The van der Waals surface area contributed by atoms with Gasteiger partial charge in [0.05, 0.1) is 11.0 Å². The highest BCUT2D eigenvalue weighted by Gasteiger charge is 2.12. The lowest BCUT2D eigenvalue weighted by molar-refractivity contribution is 0.426. The summed E-state index contributed by atoms with van der Waals surface area (Å²) in [7, 11) is -1.47. The van der Waals surface area contributed by atoms with E-state index < -0.39 is 7.12 Å². The van der Waals surface area contributed by atoms with E-state index in [0.717, 1.165) is 16.7 Å². The Hall–Kier alpha value is -2.31. The van der Waals surface area contributed by atoms with Crippen LogP contribution in [-0.2, 0) is 0 Å². The maximum atomic E-state index is 9.08. The van der Waals surface area contributed by atoms with Crippen LogP contribution in [-0.4, -0.2) is 26.7 Å². The highest BCUT2D eigenvalue weighted by molar-refractivity contribution is 6.58. The lowest BCUT2D eigenvalue weighted by Crippen LogP contribution is -2.29. The Kier molecular flexibility index (Phi) is 2.74. The molecular weight excluding hydrogens is 241 g/mol. The molecular formula is C13H12BN3O2. The molecule has 5 nitrogen and oxygen atoms in total. The highest BCUT2D eigenvalue weighted by atomic mass is 16.4. The molecule has 0 radical (unpaired) electrons. The largest absolute Gasteiger partial charge is 0.488 e. The fraction of sp³-hybridized carbons (Fsp3) is 0. The molecule has 0 aliphatic rings. The predicted molar refractivity (Wildman–Crippen MR) is 75.3 cm³/mol. The minimum absolute atomic E-state index is 0.401. The highest BCUT2D eigenvalue weighted by Crippen LogP contribution is 2.22. The SMILES string of the molecule is Nc1nc2ccccc2n1-c1ccc(B(O)O)cc1. The minimum atomic E-state index is -1.47. The van der Waals surface area contributed by atoms with E-state index in [1.54, 1.807) is 24.3 Å². The van der Waals surface area contributed by atoms with Gasteiger partial charge in [0.1, 0.15) is 0 Å². The van der Waals surface area contributed by atoms with Crippen LogP contribution in [0, 0.1) is 0 Å². The number of nitrogens with zero attached hydrogens (tertiary/aromatic N) is 2. The van der Waals surface area contributed by atoms with Gasteiger partial charge in [0.2, 0.25) is 5.95 Å². The van der Waals surface area contributed by atoms with E-state index >= 15 is 0 Å². The van der Waals surface area contributed by atoms with Crippen LogP contribution >= 0.6 is 0 Å². The number of anilines is 1. The molecule has 1 heterocycles. The van der Waals surface area contributed by atoms with E-state index in [1.165, 1.54) is 0 Å². The van der Waals surface area contributed by atoms with Crippen LogP contribution in [0.4, 0.5) is 5.95 Å². The second-order valence-electron chi connectivity index (χ2n) is 4.26. The third-order valence-corrected chi connectivity index (χ3v) is 3.04. The summed E-state index contributed by atoms with van der Waals surface area (Å²) in [5.41, 5.74) is 8.94. The summed E-state index contributed by atoms with van der Waals surface area (Å²) >= 11 is 0. The van der Waals surface area contributed by atoms with Crippen molar-refractivity contribution in [3.8, 4) is 5.69 Å². The first kappa shape index (κ1) is 11.8. The normalized spacial score (nSPS) is 10.8. The Morgan fingerprint density at radius 1 is 1.00 bits per heavy atom. The number of rotatable bonds is 2. The molecule has 0 amide bonds. The molecule has 0 aliphatic heterocycles. The zero-order valence-corrected chi connectivity index (χ0v) is 10.1. The van der Waals surface area contributed by atoms with Crippen LogP contribution in [0.5, 0.6) is 0 Å². The number of para-hydroxylation sites is 2. The Morgan fingerprint density at radius 2 is 1.68 bits per heavy atom. The standard InChI is InChI=1S/C13H12BN3O2/c15-13-16-11-3-1-2-4-12(11)17(13)10-7-5-9(6-8-10)14(18)19/h1-8,18-19H,(H2,15,16). The van der Waals surface area contributed by atoms with Gasteiger partial charge in [-0.05, 0) is 29.7 Å². The van der Waals surface area contributed by atoms with E-state index in [2.05, 4.69) is 4.98 Å². The van der Waals surface area contributed by atoms with Gasteiger partial charge in [-0.15, -0.1) is 0 Å². The summed E-state index contributed by atoms with van der Waals surface area (Å²) in [6.45, 7) is 0.